The highest BCUT2D eigenvalue weighted by atomic mass is 35.5. The monoisotopic (exact) mass is 417 g/mol. The van der Waals surface area contributed by atoms with Gasteiger partial charge in [0.05, 0.1) is 10.0 Å². The molecule has 1 N–H and O–H groups in total. The molecule has 1 aromatic rings. The van der Waals surface area contributed by atoms with Gasteiger partial charge in [-0.2, -0.15) is 0 Å². The quantitative estimate of drug-likeness (QED) is 0.612. The van der Waals surface area contributed by atoms with E-state index in [-0.39, 0.29) is 28.3 Å². The summed E-state index contributed by atoms with van der Waals surface area (Å²) in [5.41, 5.74) is 4.03. The molecule has 0 spiro atoms. The molecule has 0 amide bonds. The smallest absolute Gasteiger partial charge is 0.162 e. The van der Waals surface area contributed by atoms with Gasteiger partial charge < -0.3 is 5.32 Å². The molecule has 0 unspecified atom stereocenters. The first-order chi connectivity index (χ1) is 13.0. The van der Waals surface area contributed by atoms with E-state index in [0.29, 0.717) is 22.9 Å². The van der Waals surface area contributed by atoms with Crippen molar-refractivity contribution in [2.75, 3.05) is 0 Å². The fourth-order valence-electron chi connectivity index (χ4n) is 4.91. The lowest BCUT2D eigenvalue weighted by atomic mass is 9.64. The minimum Gasteiger partial charge on any atom is -0.362 e. The first-order valence-electron chi connectivity index (χ1n) is 9.72. The highest BCUT2D eigenvalue weighted by molar-refractivity contribution is 6.42. The standard InChI is InChI=1S/C23H25Cl2NO2/c1-22(2)8-15-20(17(27)10-22)19(12-5-6-13(24)14(25)7-12)21-16(26-15)9-23(3,4)11-18(21)28/h5-7,19,26H,8-11H2,1-4H3. The lowest BCUT2D eigenvalue weighted by Gasteiger charge is -2.44. The second-order valence-electron chi connectivity index (χ2n) is 9.90. The number of carbonyl (C=O) groups is 2. The van der Waals surface area contributed by atoms with E-state index in [9.17, 15) is 9.59 Å². The van der Waals surface area contributed by atoms with Crippen molar-refractivity contribution in [3.05, 3.63) is 56.3 Å². The highest BCUT2D eigenvalue weighted by Gasteiger charge is 2.46. The van der Waals surface area contributed by atoms with Gasteiger partial charge in [-0.1, -0.05) is 57.0 Å². The lowest BCUT2D eigenvalue weighted by Crippen LogP contribution is -2.42. The molecule has 1 aromatic carbocycles. The van der Waals surface area contributed by atoms with E-state index in [4.69, 9.17) is 23.2 Å². The Morgan fingerprint density at radius 1 is 0.821 bits per heavy atom. The molecular weight excluding hydrogens is 393 g/mol. The number of hydrogen-bond acceptors (Lipinski definition) is 3. The van der Waals surface area contributed by atoms with E-state index in [2.05, 4.69) is 33.0 Å². The van der Waals surface area contributed by atoms with Crippen LogP contribution in [0.3, 0.4) is 0 Å². The summed E-state index contributed by atoms with van der Waals surface area (Å²) in [6.07, 6.45) is 2.54. The molecule has 3 nitrogen and oxygen atoms in total. The molecule has 0 saturated carbocycles. The SMILES string of the molecule is CC1(C)CC(=O)C2=C(C1)NC1=C(C(=O)CC(C)(C)C1)C2c1ccc(Cl)c(Cl)c1. The van der Waals surface area contributed by atoms with Gasteiger partial charge in [0.1, 0.15) is 0 Å². The van der Waals surface area contributed by atoms with Gasteiger partial charge >= 0.3 is 0 Å². The summed E-state index contributed by atoms with van der Waals surface area (Å²) in [7, 11) is 0. The third-order valence-electron chi connectivity index (χ3n) is 6.00. The van der Waals surface area contributed by atoms with Crippen LogP contribution in [0.2, 0.25) is 10.0 Å². The molecule has 0 fully saturated rings. The molecule has 0 bridgehead atoms. The third-order valence-corrected chi connectivity index (χ3v) is 6.74. The minimum absolute atomic E-state index is 0.0998. The largest absolute Gasteiger partial charge is 0.362 e. The zero-order valence-electron chi connectivity index (χ0n) is 16.7. The van der Waals surface area contributed by atoms with Crippen LogP contribution in [0.4, 0.5) is 0 Å². The molecule has 0 aromatic heterocycles. The molecule has 1 heterocycles. The predicted octanol–water partition coefficient (Wildman–Crippen LogP) is 5.97. The Morgan fingerprint density at radius 3 is 1.79 bits per heavy atom. The van der Waals surface area contributed by atoms with Crippen molar-refractivity contribution in [1.29, 1.82) is 0 Å². The van der Waals surface area contributed by atoms with Crippen LogP contribution >= 0.6 is 23.2 Å². The predicted molar refractivity (Wildman–Crippen MR) is 112 cm³/mol. The van der Waals surface area contributed by atoms with Crippen molar-refractivity contribution in [1.82, 2.24) is 5.32 Å². The summed E-state index contributed by atoms with van der Waals surface area (Å²) in [6.45, 7) is 8.46. The average Bonchev–Trinajstić information content (AvgIpc) is 2.53. The van der Waals surface area contributed by atoms with Crippen LogP contribution in [-0.2, 0) is 9.59 Å². The number of hydrogen-bond donors (Lipinski definition) is 1. The zero-order valence-corrected chi connectivity index (χ0v) is 18.2. The summed E-state index contributed by atoms with van der Waals surface area (Å²) in [6, 6.07) is 5.44. The van der Waals surface area contributed by atoms with Gasteiger partial charge in [0.25, 0.3) is 0 Å². The highest BCUT2D eigenvalue weighted by Crippen LogP contribution is 2.51. The third kappa shape index (κ3) is 3.33. The second kappa shape index (κ2) is 6.47. The van der Waals surface area contributed by atoms with Crippen molar-refractivity contribution in [3.8, 4) is 0 Å². The Bertz CT molecular complexity index is 917. The van der Waals surface area contributed by atoms with E-state index in [1.165, 1.54) is 0 Å². The van der Waals surface area contributed by atoms with Crippen molar-refractivity contribution < 1.29 is 9.59 Å². The number of benzene rings is 1. The van der Waals surface area contributed by atoms with E-state index in [0.717, 1.165) is 40.9 Å². The molecule has 148 valence electrons. The number of allylic oxidation sites excluding steroid dienone is 4. The summed E-state index contributed by atoms with van der Waals surface area (Å²) < 4.78 is 0. The molecule has 28 heavy (non-hydrogen) atoms. The molecule has 1 aliphatic heterocycles. The molecule has 2 aliphatic carbocycles. The van der Waals surface area contributed by atoms with Gasteiger partial charge in [-0.15, -0.1) is 0 Å². The molecule has 0 atom stereocenters. The van der Waals surface area contributed by atoms with Crippen LogP contribution in [0.15, 0.2) is 40.7 Å². The van der Waals surface area contributed by atoms with Crippen LogP contribution in [0.25, 0.3) is 0 Å². The van der Waals surface area contributed by atoms with Crippen LogP contribution in [0, 0.1) is 10.8 Å². The van der Waals surface area contributed by atoms with Gasteiger partial charge in [-0.25, -0.2) is 0 Å². The van der Waals surface area contributed by atoms with Gasteiger partial charge in [0.2, 0.25) is 0 Å². The van der Waals surface area contributed by atoms with E-state index < -0.39 is 0 Å². The average molecular weight is 418 g/mol. The summed E-state index contributed by atoms with van der Waals surface area (Å²) in [5, 5.41) is 4.42. The molecule has 4 rings (SSSR count). The second-order valence-corrected chi connectivity index (χ2v) is 10.7. The van der Waals surface area contributed by atoms with Gasteiger partial charge in [-0.05, 0) is 41.4 Å². The van der Waals surface area contributed by atoms with Gasteiger partial charge in [0, 0.05) is 41.3 Å². The number of ketones is 2. The van der Waals surface area contributed by atoms with Crippen LogP contribution in [0.5, 0.6) is 0 Å². The Morgan fingerprint density at radius 2 is 1.32 bits per heavy atom. The Labute approximate surface area is 176 Å². The Hall–Kier alpha value is -1.58. The fraction of sp³-hybridized carbons (Fsp3) is 0.478. The minimum atomic E-state index is -0.367. The van der Waals surface area contributed by atoms with Crippen LogP contribution < -0.4 is 5.32 Å². The van der Waals surface area contributed by atoms with E-state index in [1.54, 1.807) is 12.1 Å². The lowest BCUT2D eigenvalue weighted by molar-refractivity contribution is -0.119. The normalized spacial score (nSPS) is 24.1. The maximum atomic E-state index is 13.2. The van der Waals surface area contributed by atoms with Crippen molar-refractivity contribution in [2.24, 2.45) is 10.8 Å². The van der Waals surface area contributed by atoms with E-state index >= 15 is 0 Å². The molecule has 0 radical (unpaired) electrons. The van der Waals surface area contributed by atoms with E-state index in [1.807, 2.05) is 6.07 Å². The fourth-order valence-corrected chi connectivity index (χ4v) is 5.22. The molecular formula is C23H25Cl2NO2. The number of dihydropyridines is 1. The maximum Gasteiger partial charge on any atom is 0.162 e. The van der Waals surface area contributed by atoms with Crippen LogP contribution in [-0.4, -0.2) is 11.6 Å². The zero-order chi connectivity index (χ0) is 20.4. The summed E-state index contributed by atoms with van der Waals surface area (Å²) in [5.74, 6) is -0.147. The number of nitrogens with one attached hydrogen (secondary N) is 1. The maximum absolute atomic E-state index is 13.2. The molecule has 0 saturated heterocycles. The number of halogens is 2. The van der Waals surface area contributed by atoms with Gasteiger partial charge in [-0.3, -0.25) is 9.59 Å². The Balaban J connectivity index is 1.93. The van der Waals surface area contributed by atoms with Crippen molar-refractivity contribution in [2.45, 2.75) is 59.3 Å². The molecule has 3 aliphatic rings. The van der Waals surface area contributed by atoms with Crippen molar-refractivity contribution in [3.63, 3.8) is 0 Å². The van der Waals surface area contributed by atoms with Gasteiger partial charge in [0.15, 0.2) is 11.6 Å². The first-order valence-corrected chi connectivity index (χ1v) is 10.5. The Kier molecular flexibility index (Phi) is 4.55. The number of Topliss-reactive ketones (excluding diaryl/α,β-unsaturated/α-hetero) is 2. The molecule has 5 heteroatoms. The van der Waals surface area contributed by atoms with Crippen molar-refractivity contribution >= 4 is 34.8 Å². The van der Waals surface area contributed by atoms with Crippen LogP contribution in [0.1, 0.15) is 64.9 Å². The summed E-state index contributed by atoms with van der Waals surface area (Å²) in [4.78, 5) is 26.4. The summed E-state index contributed by atoms with van der Waals surface area (Å²) >= 11 is 12.4. The first kappa shape index (κ1) is 19.7. The number of carbonyl (C=O) groups excluding carboxylic acids is 2. The number of rotatable bonds is 1. The topological polar surface area (TPSA) is 46.2 Å².